The van der Waals surface area contributed by atoms with Gasteiger partial charge in [-0.15, -0.1) is 0 Å². The second kappa shape index (κ2) is 5.05. The Morgan fingerprint density at radius 1 is 1.44 bits per heavy atom. The van der Waals surface area contributed by atoms with E-state index in [0.717, 1.165) is 5.56 Å². The first-order chi connectivity index (χ1) is 8.60. The molecular weight excluding hydrogens is 252 g/mol. The Hall–Kier alpha value is -2.08. The van der Waals surface area contributed by atoms with Crippen LogP contribution in [0.2, 0.25) is 0 Å². The van der Waals surface area contributed by atoms with Crippen LogP contribution >= 0.6 is 12.2 Å². The molecule has 0 bridgehead atoms. The number of phenols is 1. The molecule has 0 unspecified atom stereocenters. The molecule has 6 heteroatoms. The van der Waals surface area contributed by atoms with Gasteiger partial charge in [0.05, 0.1) is 12.8 Å². The summed E-state index contributed by atoms with van der Waals surface area (Å²) in [5, 5.41) is 9.39. The second-order valence-electron chi connectivity index (χ2n) is 3.77. The van der Waals surface area contributed by atoms with E-state index in [9.17, 15) is 9.90 Å². The van der Waals surface area contributed by atoms with Crippen molar-refractivity contribution < 1.29 is 14.6 Å². The van der Waals surface area contributed by atoms with Gasteiger partial charge in [0.2, 0.25) is 0 Å². The van der Waals surface area contributed by atoms with Gasteiger partial charge in [0.15, 0.2) is 4.77 Å². The Bertz CT molecular complexity index is 630. The topological polar surface area (TPSA) is 78.1 Å². The van der Waals surface area contributed by atoms with Gasteiger partial charge < -0.3 is 19.8 Å². The van der Waals surface area contributed by atoms with Crippen molar-refractivity contribution in [2.75, 3.05) is 7.11 Å². The Morgan fingerprint density at radius 3 is 2.89 bits per heavy atom. The molecule has 0 saturated carbocycles. The fourth-order valence-corrected chi connectivity index (χ4v) is 1.92. The Morgan fingerprint density at radius 2 is 2.22 bits per heavy atom. The number of hydrogen-bond donors (Lipinski definition) is 3. The molecule has 3 N–H and O–H groups in total. The van der Waals surface area contributed by atoms with E-state index in [1.54, 1.807) is 18.2 Å². The molecular formula is C12H12N2O3S. The fourth-order valence-electron chi connectivity index (χ4n) is 1.70. The molecule has 0 spiro atoms. The summed E-state index contributed by atoms with van der Waals surface area (Å²) in [4.78, 5) is 17.2. The number of ether oxygens (including phenoxy) is 1. The van der Waals surface area contributed by atoms with Crippen molar-refractivity contribution in [1.29, 1.82) is 0 Å². The zero-order chi connectivity index (χ0) is 13.1. The van der Waals surface area contributed by atoms with E-state index in [0.29, 0.717) is 22.6 Å². The predicted molar refractivity (Wildman–Crippen MR) is 68.2 cm³/mol. The Kier molecular flexibility index (Phi) is 3.47. The van der Waals surface area contributed by atoms with Crippen LogP contribution in [-0.2, 0) is 11.2 Å². The lowest BCUT2D eigenvalue weighted by Crippen LogP contribution is -2.06. The van der Waals surface area contributed by atoms with Gasteiger partial charge in [0.1, 0.15) is 11.4 Å². The zero-order valence-electron chi connectivity index (χ0n) is 9.69. The van der Waals surface area contributed by atoms with Crippen LogP contribution in [0.15, 0.2) is 24.3 Å². The minimum atomic E-state index is -0.475. The van der Waals surface area contributed by atoms with Crippen LogP contribution < -0.4 is 0 Å². The highest BCUT2D eigenvalue weighted by atomic mass is 32.1. The third kappa shape index (κ3) is 2.60. The first kappa shape index (κ1) is 12.4. The number of nitrogens with one attached hydrogen (secondary N) is 2. The first-order valence-corrected chi connectivity index (χ1v) is 5.68. The van der Waals surface area contributed by atoms with Crippen molar-refractivity contribution in [2.45, 2.75) is 6.42 Å². The Balaban J connectivity index is 2.34. The molecule has 5 nitrogen and oxygen atoms in total. The number of carbonyl (C=O) groups is 1. The monoisotopic (exact) mass is 264 g/mol. The maximum atomic E-state index is 11.5. The zero-order valence-corrected chi connectivity index (χ0v) is 10.5. The maximum absolute atomic E-state index is 11.5. The van der Waals surface area contributed by atoms with E-state index >= 15 is 0 Å². The van der Waals surface area contributed by atoms with Crippen LogP contribution in [0.25, 0.3) is 0 Å². The summed E-state index contributed by atoms with van der Waals surface area (Å²) in [5.41, 5.74) is 1.81. The molecule has 0 aliphatic carbocycles. The lowest BCUT2D eigenvalue weighted by Gasteiger charge is -2.02. The van der Waals surface area contributed by atoms with Crippen LogP contribution in [0, 0.1) is 4.77 Å². The fraction of sp³-hybridized carbons (Fsp3) is 0.167. The van der Waals surface area contributed by atoms with E-state index in [2.05, 4.69) is 14.7 Å². The molecule has 1 heterocycles. The minimum Gasteiger partial charge on any atom is -0.508 e. The summed E-state index contributed by atoms with van der Waals surface area (Å²) in [6.45, 7) is 0. The number of hydrogen-bond acceptors (Lipinski definition) is 4. The molecule has 0 saturated heterocycles. The average molecular weight is 264 g/mol. The number of aromatic nitrogens is 2. The van der Waals surface area contributed by atoms with Gasteiger partial charge in [-0.2, -0.15) is 0 Å². The number of phenolic OH excluding ortho intramolecular Hbond substituents is 1. The summed E-state index contributed by atoms with van der Waals surface area (Å²) < 4.78 is 5.03. The van der Waals surface area contributed by atoms with E-state index in [4.69, 9.17) is 12.2 Å². The van der Waals surface area contributed by atoms with E-state index in [1.807, 2.05) is 6.07 Å². The van der Waals surface area contributed by atoms with E-state index in [-0.39, 0.29) is 5.75 Å². The van der Waals surface area contributed by atoms with Crippen LogP contribution in [0.3, 0.4) is 0 Å². The number of aromatic amines is 2. The number of H-pyrrole nitrogens is 2. The lowest BCUT2D eigenvalue weighted by molar-refractivity contribution is 0.0593. The highest BCUT2D eigenvalue weighted by Crippen LogP contribution is 2.16. The molecule has 18 heavy (non-hydrogen) atoms. The van der Waals surface area contributed by atoms with Crippen molar-refractivity contribution in [3.63, 3.8) is 0 Å². The second-order valence-corrected chi connectivity index (χ2v) is 4.18. The van der Waals surface area contributed by atoms with Crippen LogP contribution in [0.5, 0.6) is 5.75 Å². The largest absolute Gasteiger partial charge is 0.508 e. The summed E-state index contributed by atoms with van der Waals surface area (Å²) in [5.74, 6) is -0.293. The summed E-state index contributed by atoms with van der Waals surface area (Å²) in [6, 6.07) is 6.81. The van der Waals surface area contributed by atoms with Crippen LogP contribution in [-0.4, -0.2) is 28.2 Å². The molecule has 2 rings (SSSR count). The number of methoxy groups -OCH3 is 1. The molecule has 2 aromatic rings. The lowest BCUT2D eigenvalue weighted by atomic mass is 10.1. The first-order valence-electron chi connectivity index (χ1n) is 5.27. The number of rotatable bonds is 3. The number of aromatic hydroxyl groups is 1. The predicted octanol–water partition coefficient (Wildman–Crippen LogP) is 2.16. The molecule has 94 valence electrons. The quantitative estimate of drug-likeness (QED) is 0.586. The minimum absolute atomic E-state index is 0.182. The normalized spacial score (nSPS) is 10.3. The van der Waals surface area contributed by atoms with Crippen LogP contribution in [0.1, 0.15) is 21.7 Å². The van der Waals surface area contributed by atoms with E-state index in [1.165, 1.54) is 7.11 Å². The number of esters is 1. The number of carbonyl (C=O) groups excluding carboxylic acids is 1. The maximum Gasteiger partial charge on any atom is 0.356 e. The summed E-state index contributed by atoms with van der Waals surface area (Å²) in [6.07, 6.45) is 0.450. The SMILES string of the molecule is COC(=O)c1[nH]c(=S)[nH]c1Cc1cccc(O)c1. The van der Waals surface area contributed by atoms with Crippen LogP contribution in [0.4, 0.5) is 0 Å². The average Bonchev–Trinajstić information content (AvgIpc) is 2.69. The van der Waals surface area contributed by atoms with Crippen molar-refractivity contribution in [1.82, 2.24) is 9.97 Å². The molecule has 0 radical (unpaired) electrons. The standard InChI is InChI=1S/C12H12N2O3S/c1-17-11(16)10-9(13-12(18)14-10)6-7-3-2-4-8(15)5-7/h2-5,15H,6H2,1H3,(H2,13,14,18). The Labute approximate surface area is 108 Å². The van der Waals surface area contributed by atoms with Crippen molar-refractivity contribution >= 4 is 18.2 Å². The molecule has 0 amide bonds. The van der Waals surface area contributed by atoms with Gasteiger partial charge in [-0.25, -0.2) is 4.79 Å². The van der Waals surface area contributed by atoms with Crippen molar-refractivity contribution in [3.05, 3.63) is 46.0 Å². The molecule has 0 fully saturated rings. The molecule has 1 aromatic carbocycles. The molecule has 0 aliphatic heterocycles. The number of imidazole rings is 1. The van der Waals surface area contributed by atoms with Crippen molar-refractivity contribution in [3.8, 4) is 5.75 Å². The van der Waals surface area contributed by atoms with Gasteiger partial charge in [-0.05, 0) is 29.9 Å². The third-order valence-electron chi connectivity index (χ3n) is 2.49. The third-order valence-corrected chi connectivity index (χ3v) is 2.69. The van der Waals surface area contributed by atoms with Gasteiger partial charge in [-0.3, -0.25) is 0 Å². The highest BCUT2D eigenvalue weighted by molar-refractivity contribution is 7.71. The summed E-state index contributed by atoms with van der Waals surface area (Å²) in [7, 11) is 1.31. The van der Waals surface area contributed by atoms with Gasteiger partial charge in [0.25, 0.3) is 0 Å². The van der Waals surface area contributed by atoms with Gasteiger partial charge in [0, 0.05) is 6.42 Å². The van der Waals surface area contributed by atoms with Gasteiger partial charge >= 0.3 is 5.97 Å². The molecule has 1 aromatic heterocycles. The summed E-state index contributed by atoms with van der Waals surface area (Å²) >= 11 is 4.96. The number of benzene rings is 1. The highest BCUT2D eigenvalue weighted by Gasteiger charge is 2.15. The van der Waals surface area contributed by atoms with Gasteiger partial charge in [-0.1, -0.05) is 12.1 Å². The smallest absolute Gasteiger partial charge is 0.356 e. The molecule has 0 aliphatic rings. The van der Waals surface area contributed by atoms with Crippen molar-refractivity contribution in [2.24, 2.45) is 0 Å². The molecule has 0 atom stereocenters. The van der Waals surface area contributed by atoms with E-state index < -0.39 is 5.97 Å².